The van der Waals surface area contributed by atoms with Gasteiger partial charge in [0, 0.05) is 24.7 Å². The number of hydrogen-bond acceptors (Lipinski definition) is 5. The fraction of sp³-hybridized carbons (Fsp3) is 0.688. The lowest BCUT2D eigenvalue weighted by atomic mass is 10.0. The molecule has 5 nitrogen and oxygen atoms in total. The van der Waals surface area contributed by atoms with E-state index in [9.17, 15) is 0 Å². The van der Waals surface area contributed by atoms with Crippen molar-refractivity contribution >= 4 is 16.5 Å². The molecule has 2 aliphatic carbocycles. The van der Waals surface area contributed by atoms with Crippen LogP contribution in [0.25, 0.3) is 0 Å². The summed E-state index contributed by atoms with van der Waals surface area (Å²) in [7, 11) is 0. The van der Waals surface area contributed by atoms with Gasteiger partial charge in [-0.15, -0.1) is 10.2 Å². The maximum absolute atomic E-state index is 4.65. The van der Waals surface area contributed by atoms with Crippen LogP contribution in [-0.4, -0.2) is 32.8 Å². The third-order valence-corrected chi connectivity index (χ3v) is 6.39. The van der Waals surface area contributed by atoms with E-state index in [2.05, 4.69) is 31.0 Å². The van der Waals surface area contributed by atoms with Crippen LogP contribution in [0, 0.1) is 0 Å². The maximum Gasteiger partial charge on any atom is 0.208 e. The normalized spacial score (nSPS) is 24.7. The number of aryl methyl sites for hydroxylation is 1. The average molecular weight is 315 g/mol. The predicted octanol–water partition coefficient (Wildman–Crippen LogP) is 2.94. The molecule has 3 aliphatic rings. The second kappa shape index (κ2) is 5.05. The average Bonchev–Trinajstić information content (AvgIpc) is 2.98. The van der Waals surface area contributed by atoms with Crippen molar-refractivity contribution in [3.8, 4) is 0 Å². The molecule has 6 heteroatoms. The highest BCUT2D eigenvalue weighted by molar-refractivity contribution is 7.15. The van der Waals surface area contributed by atoms with Crippen LogP contribution in [0.15, 0.2) is 6.33 Å². The van der Waals surface area contributed by atoms with Gasteiger partial charge >= 0.3 is 0 Å². The zero-order valence-corrected chi connectivity index (χ0v) is 13.6. The molecule has 1 saturated heterocycles. The minimum Gasteiger partial charge on any atom is -0.344 e. The van der Waals surface area contributed by atoms with E-state index < -0.39 is 0 Å². The van der Waals surface area contributed by atoms with Gasteiger partial charge in [0.2, 0.25) is 5.13 Å². The van der Waals surface area contributed by atoms with E-state index in [0.29, 0.717) is 12.0 Å². The Kier molecular flexibility index (Phi) is 2.99. The molecule has 0 aromatic carbocycles. The Labute approximate surface area is 134 Å². The van der Waals surface area contributed by atoms with Gasteiger partial charge in [0.25, 0.3) is 0 Å². The Bertz CT molecular complexity index is 687. The van der Waals surface area contributed by atoms with Crippen molar-refractivity contribution in [3.63, 3.8) is 0 Å². The van der Waals surface area contributed by atoms with E-state index >= 15 is 0 Å². The highest BCUT2D eigenvalue weighted by atomic mass is 32.1. The fourth-order valence-electron chi connectivity index (χ4n) is 3.80. The van der Waals surface area contributed by atoms with Crippen LogP contribution in [0.5, 0.6) is 0 Å². The topological polar surface area (TPSA) is 46.8 Å². The molecule has 2 aromatic rings. The molecular weight excluding hydrogens is 294 g/mol. The number of anilines is 1. The molecule has 2 aromatic heterocycles. The van der Waals surface area contributed by atoms with Crippen molar-refractivity contribution in [1.29, 1.82) is 0 Å². The second-order valence-electron chi connectivity index (χ2n) is 6.84. The van der Waals surface area contributed by atoms with E-state index in [1.165, 1.54) is 61.3 Å². The molecule has 116 valence electrons. The molecular formula is C16H21N5S. The van der Waals surface area contributed by atoms with E-state index in [0.717, 1.165) is 18.2 Å². The van der Waals surface area contributed by atoms with Gasteiger partial charge in [0.1, 0.15) is 5.01 Å². The zero-order chi connectivity index (χ0) is 14.5. The highest BCUT2D eigenvalue weighted by Gasteiger charge is 2.31. The molecule has 1 unspecified atom stereocenters. The zero-order valence-electron chi connectivity index (χ0n) is 12.7. The largest absolute Gasteiger partial charge is 0.344 e. The fourth-order valence-corrected chi connectivity index (χ4v) is 4.85. The van der Waals surface area contributed by atoms with Crippen LogP contribution in [-0.2, 0) is 12.8 Å². The number of fused-ring (bicyclic) bond motifs is 1. The van der Waals surface area contributed by atoms with Gasteiger partial charge in [-0.2, -0.15) is 0 Å². The first kappa shape index (κ1) is 13.0. The Balaban J connectivity index is 1.34. The van der Waals surface area contributed by atoms with Crippen molar-refractivity contribution in [1.82, 2.24) is 19.7 Å². The van der Waals surface area contributed by atoms with E-state index in [-0.39, 0.29) is 0 Å². The molecule has 0 amide bonds. The first-order valence-electron chi connectivity index (χ1n) is 8.51. The lowest BCUT2D eigenvalue weighted by Crippen LogP contribution is -2.21. The van der Waals surface area contributed by atoms with Gasteiger partial charge in [-0.3, -0.25) is 0 Å². The van der Waals surface area contributed by atoms with Crippen LogP contribution in [0.3, 0.4) is 0 Å². The molecule has 1 saturated carbocycles. The van der Waals surface area contributed by atoms with Crippen LogP contribution in [0.4, 0.5) is 5.13 Å². The molecule has 0 radical (unpaired) electrons. The molecule has 1 aliphatic heterocycles. The van der Waals surface area contributed by atoms with Gasteiger partial charge in [0.05, 0.1) is 18.1 Å². The van der Waals surface area contributed by atoms with Crippen molar-refractivity contribution in [3.05, 3.63) is 22.7 Å². The van der Waals surface area contributed by atoms with Crippen molar-refractivity contribution in [2.24, 2.45) is 0 Å². The van der Waals surface area contributed by atoms with Crippen LogP contribution >= 0.6 is 11.3 Å². The minimum absolute atomic E-state index is 0.558. The highest BCUT2D eigenvalue weighted by Crippen LogP contribution is 2.43. The summed E-state index contributed by atoms with van der Waals surface area (Å²) in [4.78, 5) is 7.07. The van der Waals surface area contributed by atoms with Gasteiger partial charge in [-0.1, -0.05) is 11.3 Å². The van der Waals surface area contributed by atoms with E-state index in [1.807, 2.05) is 11.3 Å². The van der Waals surface area contributed by atoms with Crippen LogP contribution in [0.1, 0.15) is 60.5 Å². The SMILES string of the molecule is c1nc2c(n1C1CCN(c3nnc(C4CC4)s3)C1)CCCC2. The van der Waals surface area contributed by atoms with Crippen LogP contribution in [0.2, 0.25) is 0 Å². The monoisotopic (exact) mass is 315 g/mol. The molecule has 2 fully saturated rings. The summed E-state index contributed by atoms with van der Waals surface area (Å²) in [5.41, 5.74) is 2.84. The number of hydrogen-bond donors (Lipinski definition) is 0. The quantitative estimate of drug-likeness (QED) is 0.874. The van der Waals surface area contributed by atoms with Crippen LogP contribution < -0.4 is 4.90 Å². The summed E-state index contributed by atoms with van der Waals surface area (Å²) < 4.78 is 2.46. The number of imidazole rings is 1. The summed E-state index contributed by atoms with van der Waals surface area (Å²) in [6, 6.07) is 0.558. The number of rotatable bonds is 3. The molecule has 22 heavy (non-hydrogen) atoms. The predicted molar refractivity (Wildman–Crippen MR) is 86.6 cm³/mol. The summed E-state index contributed by atoms with van der Waals surface area (Å²) in [6.07, 6.45) is 10.9. The maximum atomic E-state index is 4.65. The standard InChI is InChI=1S/C16H21N5S/c1-2-4-14-13(3-1)17-10-21(14)12-7-8-20(9-12)16-19-18-15(22-16)11-5-6-11/h10-12H,1-9H2. The first-order chi connectivity index (χ1) is 10.9. The van der Waals surface area contributed by atoms with E-state index in [1.54, 1.807) is 0 Å². The molecule has 0 spiro atoms. The van der Waals surface area contributed by atoms with Gasteiger partial charge in [-0.25, -0.2) is 4.98 Å². The third kappa shape index (κ3) is 2.16. The Morgan fingerprint density at radius 2 is 2.00 bits per heavy atom. The molecule has 3 heterocycles. The third-order valence-electron chi connectivity index (χ3n) is 5.24. The summed E-state index contributed by atoms with van der Waals surface area (Å²) in [5, 5.41) is 11.2. The molecule has 1 atom stereocenters. The molecule has 0 N–H and O–H groups in total. The Morgan fingerprint density at radius 1 is 1.09 bits per heavy atom. The van der Waals surface area contributed by atoms with Gasteiger partial charge < -0.3 is 9.47 Å². The second-order valence-corrected chi connectivity index (χ2v) is 7.83. The van der Waals surface area contributed by atoms with Gasteiger partial charge in [0.15, 0.2) is 0 Å². The van der Waals surface area contributed by atoms with E-state index in [4.69, 9.17) is 0 Å². The summed E-state index contributed by atoms with van der Waals surface area (Å²) in [5.74, 6) is 0.713. The van der Waals surface area contributed by atoms with Crippen molar-refractivity contribution < 1.29 is 0 Å². The summed E-state index contributed by atoms with van der Waals surface area (Å²) in [6.45, 7) is 2.15. The molecule has 0 bridgehead atoms. The first-order valence-corrected chi connectivity index (χ1v) is 9.33. The summed E-state index contributed by atoms with van der Waals surface area (Å²) >= 11 is 1.81. The molecule has 5 rings (SSSR count). The Hall–Kier alpha value is -1.43. The number of aromatic nitrogens is 4. The van der Waals surface area contributed by atoms with Crippen molar-refractivity contribution in [2.75, 3.05) is 18.0 Å². The van der Waals surface area contributed by atoms with Crippen molar-refractivity contribution in [2.45, 2.75) is 56.9 Å². The lowest BCUT2D eigenvalue weighted by Gasteiger charge is -2.19. The number of nitrogens with zero attached hydrogens (tertiary/aromatic N) is 5. The minimum atomic E-state index is 0.558. The smallest absolute Gasteiger partial charge is 0.208 e. The lowest BCUT2D eigenvalue weighted by molar-refractivity contribution is 0.515. The van der Waals surface area contributed by atoms with Gasteiger partial charge in [-0.05, 0) is 44.9 Å². The Morgan fingerprint density at radius 3 is 2.91 bits per heavy atom.